The highest BCUT2D eigenvalue weighted by Gasteiger charge is 2.49. The van der Waals surface area contributed by atoms with E-state index in [1.165, 1.54) is 25.7 Å². The molecule has 4 saturated carbocycles. The topological polar surface area (TPSA) is 12.0 Å². The number of nitrogens with one attached hydrogen (secondary N) is 1. The molecular weight excluding hydrogens is 194 g/mol. The normalized spacial score (nSPS) is 46.9. The van der Waals surface area contributed by atoms with E-state index < -0.39 is 0 Å². The van der Waals surface area contributed by atoms with Crippen LogP contribution in [0.25, 0.3) is 0 Å². The number of hydrogen-bond acceptors (Lipinski definition) is 1. The van der Waals surface area contributed by atoms with Crippen LogP contribution in [0.4, 0.5) is 0 Å². The zero-order valence-electron chi connectivity index (χ0n) is 10.5. The highest BCUT2D eigenvalue weighted by atomic mass is 14.9. The van der Waals surface area contributed by atoms with Gasteiger partial charge in [-0.1, -0.05) is 6.08 Å². The molecule has 0 aromatic rings. The molecule has 0 saturated heterocycles. The van der Waals surface area contributed by atoms with Gasteiger partial charge in [-0.2, -0.15) is 0 Å². The summed E-state index contributed by atoms with van der Waals surface area (Å²) in [5.41, 5.74) is 0. The Hall–Kier alpha value is -0.300. The number of hydrogen-bond donors (Lipinski definition) is 1. The van der Waals surface area contributed by atoms with Crippen LogP contribution in [0.5, 0.6) is 0 Å². The molecule has 90 valence electrons. The van der Waals surface area contributed by atoms with Crippen molar-refractivity contribution >= 4 is 0 Å². The highest BCUT2D eigenvalue weighted by Crippen LogP contribution is 2.57. The molecule has 1 heteroatoms. The Morgan fingerprint density at radius 1 is 1.12 bits per heavy atom. The van der Waals surface area contributed by atoms with Crippen molar-refractivity contribution in [2.24, 2.45) is 29.6 Å². The Kier molecular flexibility index (Phi) is 2.83. The van der Waals surface area contributed by atoms with Crippen LogP contribution in [0.2, 0.25) is 0 Å². The van der Waals surface area contributed by atoms with E-state index in [1.54, 1.807) is 6.42 Å². The first-order chi connectivity index (χ1) is 7.78. The van der Waals surface area contributed by atoms with Gasteiger partial charge in [0, 0.05) is 12.6 Å². The third-order valence-electron chi connectivity index (χ3n) is 5.46. The second-order valence-electron chi connectivity index (χ2n) is 6.49. The van der Waals surface area contributed by atoms with Gasteiger partial charge in [0.05, 0.1) is 0 Å². The molecule has 0 amide bonds. The zero-order valence-corrected chi connectivity index (χ0v) is 10.5. The van der Waals surface area contributed by atoms with Crippen LogP contribution in [0.1, 0.15) is 39.0 Å². The minimum atomic E-state index is 0.702. The van der Waals surface area contributed by atoms with Gasteiger partial charge in [0.2, 0.25) is 0 Å². The lowest BCUT2D eigenvalue weighted by Crippen LogP contribution is -2.52. The summed E-state index contributed by atoms with van der Waals surface area (Å²) in [6.07, 6.45) is 9.71. The first-order valence-electron chi connectivity index (χ1n) is 7.12. The molecule has 0 spiro atoms. The van der Waals surface area contributed by atoms with Crippen LogP contribution in [0, 0.1) is 29.6 Å². The molecule has 4 rings (SSSR count). The molecule has 0 heterocycles. The largest absolute Gasteiger partial charge is 0.311 e. The molecule has 0 aromatic heterocycles. The van der Waals surface area contributed by atoms with Crippen molar-refractivity contribution in [2.45, 2.75) is 45.1 Å². The SMILES string of the molecule is C=CCNC(C)C1C2CC3CC(C2)CC1C3. The summed E-state index contributed by atoms with van der Waals surface area (Å²) >= 11 is 0. The van der Waals surface area contributed by atoms with E-state index in [2.05, 4.69) is 18.8 Å². The number of rotatable bonds is 4. The second-order valence-corrected chi connectivity index (χ2v) is 6.49. The molecule has 1 N–H and O–H groups in total. The van der Waals surface area contributed by atoms with E-state index in [9.17, 15) is 0 Å². The fourth-order valence-corrected chi connectivity index (χ4v) is 5.19. The Morgan fingerprint density at radius 2 is 1.69 bits per heavy atom. The van der Waals surface area contributed by atoms with Gasteiger partial charge in [-0.05, 0) is 68.6 Å². The van der Waals surface area contributed by atoms with Crippen molar-refractivity contribution in [3.05, 3.63) is 12.7 Å². The van der Waals surface area contributed by atoms with Crippen molar-refractivity contribution < 1.29 is 0 Å². The van der Waals surface area contributed by atoms with Crippen molar-refractivity contribution in [3.63, 3.8) is 0 Å². The van der Waals surface area contributed by atoms with Crippen LogP contribution < -0.4 is 5.32 Å². The quantitative estimate of drug-likeness (QED) is 0.716. The summed E-state index contributed by atoms with van der Waals surface area (Å²) in [6, 6.07) is 0.702. The molecule has 0 radical (unpaired) electrons. The molecule has 4 aliphatic rings. The summed E-state index contributed by atoms with van der Waals surface area (Å²) < 4.78 is 0. The zero-order chi connectivity index (χ0) is 11.1. The second kappa shape index (κ2) is 4.18. The van der Waals surface area contributed by atoms with Crippen LogP contribution in [-0.4, -0.2) is 12.6 Å². The lowest BCUT2D eigenvalue weighted by atomic mass is 9.50. The maximum Gasteiger partial charge on any atom is 0.0134 e. The average molecular weight is 219 g/mol. The van der Waals surface area contributed by atoms with Gasteiger partial charge in [-0.3, -0.25) is 0 Å². The van der Waals surface area contributed by atoms with E-state index in [4.69, 9.17) is 0 Å². The van der Waals surface area contributed by atoms with Gasteiger partial charge in [-0.25, -0.2) is 0 Å². The summed E-state index contributed by atoms with van der Waals surface area (Å²) in [5.74, 6) is 5.26. The van der Waals surface area contributed by atoms with Crippen molar-refractivity contribution in [1.29, 1.82) is 0 Å². The van der Waals surface area contributed by atoms with Crippen LogP contribution >= 0.6 is 0 Å². The summed E-state index contributed by atoms with van der Waals surface area (Å²) in [6.45, 7) is 7.18. The smallest absolute Gasteiger partial charge is 0.0134 e. The average Bonchev–Trinajstić information content (AvgIpc) is 2.24. The standard InChI is InChI=1S/C15H25N/c1-3-4-16-10(2)15-13-6-11-5-12(8-13)9-14(15)7-11/h3,10-16H,1,4-9H2,2H3. The third-order valence-corrected chi connectivity index (χ3v) is 5.46. The Bertz CT molecular complexity index is 243. The van der Waals surface area contributed by atoms with E-state index in [0.29, 0.717) is 6.04 Å². The van der Waals surface area contributed by atoms with Crippen molar-refractivity contribution in [3.8, 4) is 0 Å². The summed E-state index contributed by atoms with van der Waals surface area (Å²) in [7, 11) is 0. The van der Waals surface area contributed by atoms with E-state index >= 15 is 0 Å². The molecule has 0 aromatic carbocycles. The molecule has 16 heavy (non-hydrogen) atoms. The van der Waals surface area contributed by atoms with Crippen LogP contribution in [0.15, 0.2) is 12.7 Å². The monoisotopic (exact) mass is 219 g/mol. The molecule has 4 fully saturated rings. The Labute approximate surface area is 99.7 Å². The first-order valence-corrected chi connectivity index (χ1v) is 7.12. The minimum absolute atomic E-state index is 0.702. The summed E-state index contributed by atoms with van der Waals surface area (Å²) in [5, 5.41) is 3.64. The molecule has 4 bridgehead atoms. The summed E-state index contributed by atoms with van der Waals surface area (Å²) in [4.78, 5) is 0. The van der Waals surface area contributed by atoms with Gasteiger partial charge >= 0.3 is 0 Å². The molecule has 4 aliphatic carbocycles. The lowest BCUT2D eigenvalue weighted by Gasteiger charge is -2.56. The molecule has 1 unspecified atom stereocenters. The molecule has 0 aliphatic heterocycles. The Morgan fingerprint density at radius 3 is 2.19 bits per heavy atom. The van der Waals surface area contributed by atoms with Crippen LogP contribution in [0.3, 0.4) is 0 Å². The predicted molar refractivity (Wildman–Crippen MR) is 68.2 cm³/mol. The molecule has 1 atom stereocenters. The maximum absolute atomic E-state index is 3.81. The van der Waals surface area contributed by atoms with Gasteiger partial charge in [0.1, 0.15) is 0 Å². The fourth-order valence-electron chi connectivity index (χ4n) is 5.19. The van der Waals surface area contributed by atoms with Gasteiger partial charge in [0.25, 0.3) is 0 Å². The molecular formula is C15H25N. The maximum atomic E-state index is 3.81. The van der Waals surface area contributed by atoms with E-state index in [0.717, 1.165) is 36.1 Å². The first kappa shape index (κ1) is 10.8. The van der Waals surface area contributed by atoms with Crippen LogP contribution in [-0.2, 0) is 0 Å². The van der Waals surface area contributed by atoms with E-state index in [-0.39, 0.29) is 0 Å². The van der Waals surface area contributed by atoms with Gasteiger partial charge in [-0.15, -0.1) is 6.58 Å². The Balaban J connectivity index is 1.69. The van der Waals surface area contributed by atoms with Crippen molar-refractivity contribution in [2.75, 3.05) is 6.54 Å². The van der Waals surface area contributed by atoms with Gasteiger partial charge < -0.3 is 5.32 Å². The third kappa shape index (κ3) is 1.73. The lowest BCUT2D eigenvalue weighted by molar-refractivity contribution is -0.0487. The molecule has 1 nitrogen and oxygen atoms in total. The fraction of sp³-hybridized carbons (Fsp3) is 0.867. The minimum Gasteiger partial charge on any atom is -0.311 e. The van der Waals surface area contributed by atoms with Gasteiger partial charge in [0.15, 0.2) is 0 Å². The highest BCUT2D eigenvalue weighted by molar-refractivity contribution is 5.01. The van der Waals surface area contributed by atoms with Crippen molar-refractivity contribution in [1.82, 2.24) is 5.32 Å². The van der Waals surface area contributed by atoms with E-state index in [1.807, 2.05) is 6.08 Å². The predicted octanol–water partition coefficient (Wildman–Crippen LogP) is 3.22.